The SMILES string of the molecule is COC(C[C@H]1[C@@H](CC=CCCCC(=O)O)[C@H]2CC[C@@H]1O2)OC. The molecule has 0 aromatic carbocycles. The molecule has 2 rings (SSSR count). The summed E-state index contributed by atoms with van der Waals surface area (Å²) in [5.74, 6) is 0.301. The van der Waals surface area contributed by atoms with Gasteiger partial charge in [-0.15, -0.1) is 0 Å². The highest BCUT2D eigenvalue weighted by atomic mass is 16.7. The quantitative estimate of drug-likeness (QED) is 0.382. The Labute approximate surface area is 132 Å². The molecule has 2 fully saturated rings. The van der Waals surface area contributed by atoms with E-state index in [1.807, 2.05) is 0 Å². The van der Waals surface area contributed by atoms with Gasteiger partial charge in [0.1, 0.15) is 0 Å². The van der Waals surface area contributed by atoms with Crippen molar-refractivity contribution in [1.82, 2.24) is 0 Å². The van der Waals surface area contributed by atoms with Crippen LogP contribution in [0.1, 0.15) is 44.9 Å². The van der Waals surface area contributed by atoms with Crippen molar-refractivity contribution in [3.8, 4) is 0 Å². The standard InChI is InChI=1S/C17H28O5/c1-20-17(21-2)11-13-12(14-9-10-15(13)22-14)7-5-3-4-6-8-16(18)19/h3,5,12-15,17H,4,6-11H2,1-2H3,(H,18,19)/t12-,13+,14-,15+/m1/s1. The van der Waals surface area contributed by atoms with Crippen LogP contribution in [0.3, 0.4) is 0 Å². The average Bonchev–Trinajstić information content (AvgIpc) is 3.09. The maximum Gasteiger partial charge on any atom is 0.303 e. The largest absolute Gasteiger partial charge is 0.481 e. The first kappa shape index (κ1) is 17.4. The van der Waals surface area contributed by atoms with Gasteiger partial charge >= 0.3 is 5.97 Å². The summed E-state index contributed by atoms with van der Waals surface area (Å²) in [5.41, 5.74) is 0. The van der Waals surface area contributed by atoms with Gasteiger partial charge in [-0.3, -0.25) is 4.79 Å². The zero-order valence-corrected chi connectivity index (χ0v) is 13.6. The Kier molecular flexibility index (Phi) is 6.86. The Morgan fingerprint density at radius 1 is 1.23 bits per heavy atom. The second kappa shape index (κ2) is 8.65. The third kappa shape index (κ3) is 4.54. The third-order valence-corrected chi connectivity index (χ3v) is 4.92. The van der Waals surface area contributed by atoms with Crippen LogP contribution in [0.25, 0.3) is 0 Å². The molecule has 0 unspecified atom stereocenters. The van der Waals surface area contributed by atoms with Gasteiger partial charge in [-0.1, -0.05) is 12.2 Å². The number of ether oxygens (including phenoxy) is 3. The van der Waals surface area contributed by atoms with Crippen LogP contribution in [-0.2, 0) is 19.0 Å². The van der Waals surface area contributed by atoms with E-state index in [4.69, 9.17) is 19.3 Å². The van der Waals surface area contributed by atoms with E-state index >= 15 is 0 Å². The minimum Gasteiger partial charge on any atom is -0.481 e. The van der Waals surface area contributed by atoms with Crippen LogP contribution >= 0.6 is 0 Å². The van der Waals surface area contributed by atoms with Gasteiger partial charge in [0.05, 0.1) is 12.2 Å². The second-order valence-corrected chi connectivity index (χ2v) is 6.25. The van der Waals surface area contributed by atoms with Crippen molar-refractivity contribution >= 4 is 5.97 Å². The van der Waals surface area contributed by atoms with Crippen LogP contribution in [0, 0.1) is 11.8 Å². The van der Waals surface area contributed by atoms with E-state index in [1.54, 1.807) is 14.2 Å². The molecule has 22 heavy (non-hydrogen) atoms. The van der Waals surface area contributed by atoms with Crippen LogP contribution in [-0.4, -0.2) is 43.8 Å². The topological polar surface area (TPSA) is 65.0 Å². The number of hydrogen-bond acceptors (Lipinski definition) is 4. The maximum atomic E-state index is 10.5. The van der Waals surface area contributed by atoms with Gasteiger partial charge < -0.3 is 19.3 Å². The number of allylic oxidation sites excluding steroid dienone is 2. The van der Waals surface area contributed by atoms with Gasteiger partial charge in [0.15, 0.2) is 6.29 Å². The fourth-order valence-electron chi connectivity index (χ4n) is 3.78. The van der Waals surface area contributed by atoms with Gasteiger partial charge in [0, 0.05) is 27.1 Å². The molecule has 0 radical (unpaired) electrons. The lowest BCUT2D eigenvalue weighted by Crippen LogP contribution is -2.31. The summed E-state index contributed by atoms with van der Waals surface area (Å²) in [5, 5.41) is 8.62. The van der Waals surface area contributed by atoms with E-state index < -0.39 is 5.97 Å². The smallest absolute Gasteiger partial charge is 0.303 e. The average molecular weight is 312 g/mol. The number of fused-ring (bicyclic) bond motifs is 2. The monoisotopic (exact) mass is 312 g/mol. The Balaban J connectivity index is 1.80. The summed E-state index contributed by atoms with van der Waals surface area (Å²) >= 11 is 0. The number of methoxy groups -OCH3 is 2. The molecule has 5 heteroatoms. The Morgan fingerprint density at radius 2 is 1.91 bits per heavy atom. The predicted molar refractivity (Wildman–Crippen MR) is 82.5 cm³/mol. The molecule has 4 atom stereocenters. The van der Waals surface area contributed by atoms with Crippen molar-refractivity contribution in [2.75, 3.05) is 14.2 Å². The molecule has 2 aliphatic rings. The molecule has 5 nitrogen and oxygen atoms in total. The molecule has 1 N–H and O–H groups in total. The van der Waals surface area contributed by atoms with Crippen molar-refractivity contribution in [3.05, 3.63) is 12.2 Å². The highest BCUT2D eigenvalue weighted by Crippen LogP contribution is 2.47. The second-order valence-electron chi connectivity index (χ2n) is 6.25. The van der Waals surface area contributed by atoms with Crippen molar-refractivity contribution in [3.63, 3.8) is 0 Å². The summed E-state index contributed by atoms with van der Waals surface area (Å²) in [6.07, 6.45) is 10.8. The lowest BCUT2D eigenvalue weighted by atomic mass is 9.75. The molecule has 0 spiro atoms. The molecule has 0 amide bonds. The summed E-state index contributed by atoms with van der Waals surface area (Å²) < 4.78 is 16.8. The van der Waals surface area contributed by atoms with E-state index in [0.717, 1.165) is 32.1 Å². The predicted octanol–water partition coefficient (Wildman–Crippen LogP) is 2.99. The molecule has 0 aromatic heterocycles. The van der Waals surface area contributed by atoms with E-state index in [2.05, 4.69) is 12.2 Å². The van der Waals surface area contributed by atoms with E-state index in [9.17, 15) is 4.79 Å². The van der Waals surface area contributed by atoms with Crippen molar-refractivity contribution in [2.45, 2.75) is 63.4 Å². The first-order valence-electron chi connectivity index (χ1n) is 8.23. The van der Waals surface area contributed by atoms with Crippen molar-refractivity contribution < 1.29 is 24.1 Å². The third-order valence-electron chi connectivity index (χ3n) is 4.92. The molecular formula is C17H28O5. The zero-order chi connectivity index (χ0) is 15.9. The fourth-order valence-corrected chi connectivity index (χ4v) is 3.78. The molecule has 2 heterocycles. The van der Waals surface area contributed by atoms with Crippen LogP contribution < -0.4 is 0 Å². The lowest BCUT2D eigenvalue weighted by molar-refractivity contribution is -0.137. The van der Waals surface area contributed by atoms with Crippen molar-refractivity contribution in [1.29, 1.82) is 0 Å². The molecule has 0 aliphatic carbocycles. The number of carbonyl (C=O) groups is 1. The van der Waals surface area contributed by atoms with Gasteiger partial charge in [-0.2, -0.15) is 0 Å². The van der Waals surface area contributed by atoms with Gasteiger partial charge in [0.2, 0.25) is 0 Å². The number of carboxylic acids is 1. The molecular weight excluding hydrogens is 284 g/mol. The summed E-state index contributed by atoms with van der Waals surface area (Å²) in [6.45, 7) is 0. The van der Waals surface area contributed by atoms with Crippen LogP contribution in [0.5, 0.6) is 0 Å². The minimum atomic E-state index is -0.722. The van der Waals surface area contributed by atoms with Crippen molar-refractivity contribution in [2.24, 2.45) is 11.8 Å². The van der Waals surface area contributed by atoms with E-state index in [1.165, 1.54) is 0 Å². The highest BCUT2D eigenvalue weighted by molar-refractivity contribution is 5.66. The molecule has 0 aromatic rings. The maximum absolute atomic E-state index is 10.5. The molecule has 2 bridgehead atoms. The number of hydrogen-bond donors (Lipinski definition) is 1. The summed E-state index contributed by atoms with van der Waals surface area (Å²) in [4.78, 5) is 10.5. The van der Waals surface area contributed by atoms with Gasteiger partial charge in [-0.25, -0.2) is 0 Å². The minimum absolute atomic E-state index is 0.157. The molecule has 126 valence electrons. The van der Waals surface area contributed by atoms with E-state index in [-0.39, 0.29) is 12.7 Å². The number of rotatable bonds is 10. The Bertz CT molecular complexity index is 377. The molecule has 2 saturated heterocycles. The van der Waals surface area contributed by atoms with Crippen LogP contribution in [0.4, 0.5) is 0 Å². The van der Waals surface area contributed by atoms with Gasteiger partial charge in [0.25, 0.3) is 0 Å². The Hall–Kier alpha value is -0.910. The summed E-state index contributed by atoms with van der Waals surface area (Å²) in [6, 6.07) is 0. The fraction of sp³-hybridized carbons (Fsp3) is 0.824. The summed E-state index contributed by atoms with van der Waals surface area (Å²) in [7, 11) is 3.36. The van der Waals surface area contributed by atoms with E-state index in [0.29, 0.717) is 30.5 Å². The molecule has 0 saturated carbocycles. The highest BCUT2D eigenvalue weighted by Gasteiger charge is 2.48. The number of unbranched alkanes of at least 4 members (excludes halogenated alkanes) is 1. The Morgan fingerprint density at radius 3 is 2.55 bits per heavy atom. The number of carboxylic acid groups (broad SMARTS) is 1. The van der Waals surface area contributed by atoms with Crippen LogP contribution in [0.2, 0.25) is 0 Å². The van der Waals surface area contributed by atoms with Crippen LogP contribution in [0.15, 0.2) is 12.2 Å². The number of aliphatic carboxylic acids is 1. The normalized spacial score (nSPS) is 30.7. The zero-order valence-electron chi connectivity index (χ0n) is 13.6. The lowest BCUT2D eigenvalue weighted by Gasteiger charge is -2.29. The van der Waals surface area contributed by atoms with Gasteiger partial charge in [-0.05, 0) is 43.9 Å². The first-order valence-corrected chi connectivity index (χ1v) is 8.23. The first-order chi connectivity index (χ1) is 10.7. The molecule has 2 aliphatic heterocycles.